The second-order valence-electron chi connectivity index (χ2n) is 14.6. The van der Waals surface area contributed by atoms with Crippen LogP contribution in [0.5, 0.6) is 0 Å². The van der Waals surface area contributed by atoms with Gasteiger partial charge in [-0.2, -0.15) is 21.0 Å². The number of aliphatic hydroxyl groups excluding tert-OH is 2. The Morgan fingerprint density at radius 3 is 1.40 bits per heavy atom. The number of non-ortho nitro benzene ring substituents is 2. The number of anilines is 6. The Hall–Kier alpha value is -9.82. The number of benzene rings is 4. The number of rotatable bonds is 22. The van der Waals surface area contributed by atoms with Crippen LogP contribution in [0.1, 0.15) is 33.4 Å². The van der Waals surface area contributed by atoms with Gasteiger partial charge in [-0.3, -0.25) is 20.2 Å². The largest absolute Gasteiger partial charge is 0.394 e. The third kappa shape index (κ3) is 14.6. The zero-order valence-corrected chi connectivity index (χ0v) is 38.6. The Bertz CT molecular complexity index is 3110. The number of azo groups is 2. The van der Waals surface area contributed by atoms with Crippen LogP contribution in [0.4, 0.5) is 68.8 Å². The zero-order chi connectivity index (χ0) is 51.8. The maximum Gasteiger partial charge on any atom is 0.270 e. The molecule has 6 N–H and O–H groups in total. The van der Waals surface area contributed by atoms with Gasteiger partial charge in [-0.25, -0.2) is 9.97 Å². The van der Waals surface area contributed by atoms with E-state index in [1.807, 2.05) is 72.8 Å². The standard InChI is InChI=1S/2C24H22N8O4/c1-16-20(15-26)23(28-18-5-3-2-4-6-18)29-24(27-9-11-36-12-10-33)22(16)31-30-21-8-7-19(32(34)35)13-17(21)14-25;1-16-20(15-26)23(27-9-11-36-12-10-33)29-24(28-18-5-3-2-4-6-18)22(16)31-30-21-8-7-19(32(34)35)13-17(21)14-25/h2*2-8,13,33H,9-12H2,1H3,(H2,27,28,29). The topological polar surface area (TPSA) is 364 Å². The Kier molecular flexibility index (Phi) is 20.1. The van der Waals surface area contributed by atoms with Gasteiger partial charge in [0.25, 0.3) is 11.4 Å². The average Bonchev–Trinajstić information content (AvgIpc) is 3.39. The number of hydrogen-bond acceptors (Lipinski definition) is 22. The maximum atomic E-state index is 11.0. The lowest BCUT2D eigenvalue weighted by atomic mass is 10.1. The van der Waals surface area contributed by atoms with E-state index in [4.69, 9.17) is 19.7 Å². The second kappa shape index (κ2) is 27.2. The number of para-hydroxylation sites is 2. The number of hydrogen-bond donors (Lipinski definition) is 6. The fraction of sp³-hybridized carbons (Fsp3) is 0.208. The van der Waals surface area contributed by atoms with Gasteiger partial charge in [0.15, 0.2) is 17.5 Å². The molecule has 0 aliphatic rings. The van der Waals surface area contributed by atoms with Crippen LogP contribution in [0.2, 0.25) is 0 Å². The van der Waals surface area contributed by atoms with Crippen LogP contribution in [-0.4, -0.2) is 82.8 Å². The van der Waals surface area contributed by atoms with E-state index in [-0.39, 0.29) is 89.4 Å². The molecule has 24 nitrogen and oxygen atoms in total. The van der Waals surface area contributed by atoms with Crippen molar-refractivity contribution in [3.8, 4) is 24.3 Å². The first-order valence-electron chi connectivity index (χ1n) is 21.6. The molecule has 0 bridgehead atoms. The summed E-state index contributed by atoms with van der Waals surface area (Å²) in [6.07, 6.45) is 0. The maximum absolute atomic E-state index is 11.0. The number of nitrogens with one attached hydrogen (secondary N) is 4. The number of pyridine rings is 2. The van der Waals surface area contributed by atoms with Crippen LogP contribution in [-0.2, 0) is 9.47 Å². The highest BCUT2D eigenvalue weighted by atomic mass is 16.6. The number of aliphatic hydroxyl groups is 2. The van der Waals surface area contributed by atoms with Gasteiger partial charge in [0.1, 0.15) is 52.8 Å². The Morgan fingerprint density at radius 1 is 0.556 bits per heavy atom. The van der Waals surface area contributed by atoms with Gasteiger partial charge in [0, 0.05) is 59.9 Å². The highest BCUT2D eigenvalue weighted by molar-refractivity contribution is 5.78. The predicted molar refractivity (Wildman–Crippen MR) is 264 cm³/mol. The first kappa shape index (κ1) is 53.1. The van der Waals surface area contributed by atoms with E-state index >= 15 is 0 Å². The van der Waals surface area contributed by atoms with Crippen LogP contribution in [0.3, 0.4) is 0 Å². The minimum Gasteiger partial charge on any atom is -0.394 e. The Labute approximate surface area is 411 Å². The van der Waals surface area contributed by atoms with Crippen molar-refractivity contribution < 1.29 is 29.5 Å². The van der Waals surface area contributed by atoms with E-state index in [9.17, 15) is 41.3 Å². The van der Waals surface area contributed by atoms with Crippen LogP contribution in [0, 0.1) is 79.4 Å². The fourth-order valence-corrected chi connectivity index (χ4v) is 6.30. The normalized spacial score (nSPS) is 10.6. The van der Waals surface area contributed by atoms with Gasteiger partial charge >= 0.3 is 0 Å². The van der Waals surface area contributed by atoms with E-state index in [2.05, 4.69) is 63.8 Å². The molecule has 0 amide bonds. The molecule has 0 unspecified atom stereocenters. The summed E-state index contributed by atoms with van der Waals surface area (Å²) in [5, 5.41) is 107. The monoisotopic (exact) mass is 972 g/mol. The average molecular weight is 973 g/mol. The lowest BCUT2D eigenvalue weighted by Crippen LogP contribution is -2.14. The summed E-state index contributed by atoms with van der Waals surface area (Å²) in [4.78, 5) is 29.9. The first-order valence-corrected chi connectivity index (χ1v) is 21.6. The molecule has 4 aromatic carbocycles. The van der Waals surface area contributed by atoms with E-state index in [1.54, 1.807) is 13.8 Å². The lowest BCUT2D eigenvalue weighted by Gasteiger charge is -2.15. The van der Waals surface area contributed by atoms with Crippen molar-refractivity contribution in [2.24, 2.45) is 20.5 Å². The molecule has 364 valence electrons. The van der Waals surface area contributed by atoms with Gasteiger partial charge in [-0.05, 0) is 50.2 Å². The Morgan fingerprint density at radius 2 is 0.972 bits per heavy atom. The highest BCUT2D eigenvalue weighted by Gasteiger charge is 2.20. The molecule has 2 heterocycles. The molecular weight excluding hydrogens is 929 g/mol. The molecule has 6 rings (SSSR count). The minimum atomic E-state index is -0.603. The SMILES string of the molecule is Cc1c(C#N)c(NCCOCCO)nc(Nc2ccccc2)c1N=Nc1ccc([N+](=O)[O-])cc1C#N.Cc1c(C#N)c(Nc2ccccc2)nc(NCCOCCO)c1N=Nc1ccc([N+](=O)[O-])cc1C#N. The number of nitro benzene ring substituents is 2. The van der Waals surface area contributed by atoms with E-state index < -0.39 is 9.85 Å². The molecule has 72 heavy (non-hydrogen) atoms. The molecule has 0 aliphatic carbocycles. The van der Waals surface area contributed by atoms with E-state index in [1.165, 1.54) is 24.3 Å². The van der Waals surface area contributed by atoms with E-state index in [0.29, 0.717) is 54.1 Å². The van der Waals surface area contributed by atoms with Gasteiger partial charge in [0.05, 0.1) is 71.7 Å². The molecule has 0 atom stereocenters. The second-order valence-corrected chi connectivity index (χ2v) is 14.6. The smallest absolute Gasteiger partial charge is 0.270 e. The number of nitrogens with zero attached hydrogens (tertiary/aromatic N) is 12. The third-order valence-electron chi connectivity index (χ3n) is 9.81. The Balaban J connectivity index is 0.000000267. The quantitative estimate of drug-likeness (QED) is 0.0160. The summed E-state index contributed by atoms with van der Waals surface area (Å²) in [7, 11) is 0. The molecule has 0 saturated carbocycles. The number of ether oxygens (including phenoxy) is 2. The third-order valence-corrected chi connectivity index (χ3v) is 9.81. The van der Waals surface area contributed by atoms with Crippen molar-refractivity contribution >= 4 is 68.8 Å². The van der Waals surface area contributed by atoms with Crippen LogP contribution >= 0.6 is 0 Å². The van der Waals surface area contributed by atoms with Gasteiger partial charge in [-0.15, -0.1) is 20.5 Å². The number of nitriles is 4. The van der Waals surface area contributed by atoms with Gasteiger partial charge < -0.3 is 41.0 Å². The van der Waals surface area contributed by atoms with Crippen LogP contribution < -0.4 is 21.3 Å². The molecule has 6 aromatic rings. The van der Waals surface area contributed by atoms with Crippen molar-refractivity contribution in [1.29, 1.82) is 21.0 Å². The van der Waals surface area contributed by atoms with Gasteiger partial charge in [-0.1, -0.05) is 36.4 Å². The number of nitro groups is 2. The molecular formula is C48H44N16O8. The first-order chi connectivity index (χ1) is 35.0. The van der Waals surface area contributed by atoms with Crippen LogP contribution in [0.25, 0.3) is 0 Å². The van der Waals surface area contributed by atoms with Crippen molar-refractivity contribution in [2.45, 2.75) is 13.8 Å². The van der Waals surface area contributed by atoms with Crippen molar-refractivity contribution in [1.82, 2.24) is 9.97 Å². The summed E-state index contributed by atoms with van der Waals surface area (Å²) < 4.78 is 10.5. The zero-order valence-electron chi connectivity index (χ0n) is 38.6. The minimum absolute atomic E-state index is 0.0159. The molecule has 0 radical (unpaired) electrons. The summed E-state index contributed by atoms with van der Waals surface area (Å²) in [5.74, 6) is 1.24. The molecule has 24 heteroatoms. The fourth-order valence-electron chi connectivity index (χ4n) is 6.30. The molecule has 2 aromatic heterocycles. The lowest BCUT2D eigenvalue weighted by molar-refractivity contribution is -0.385. The summed E-state index contributed by atoms with van der Waals surface area (Å²) in [5.41, 5.74) is 3.18. The molecule has 0 fully saturated rings. The molecule has 0 spiro atoms. The number of aromatic nitrogens is 2. The highest BCUT2D eigenvalue weighted by Crippen LogP contribution is 2.38. The van der Waals surface area contributed by atoms with Crippen molar-refractivity contribution in [3.63, 3.8) is 0 Å². The molecule has 0 saturated heterocycles. The summed E-state index contributed by atoms with van der Waals surface area (Å²) >= 11 is 0. The van der Waals surface area contributed by atoms with Crippen molar-refractivity contribution in [2.75, 3.05) is 74.0 Å². The van der Waals surface area contributed by atoms with Crippen molar-refractivity contribution in [3.05, 3.63) is 151 Å². The van der Waals surface area contributed by atoms with Gasteiger partial charge in [0.2, 0.25) is 0 Å². The predicted octanol–water partition coefficient (Wildman–Crippen LogP) is 9.24. The van der Waals surface area contributed by atoms with E-state index in [0.717, 1.165) is 23.5 Å². The summed E-state index contributed by atoms with van der Waals surface area (Å²) in [6, 6.07) is 33.8. The van der Waals surface area contributed by atoms with Crippen LogP contribution in [0.15, 0.2) is 118 Å². The molecule has 0 aliphatic heterocycles. The summed E-state index contributed by atoms with van der Waals surface area (Å²) in [6.45, 7) is 4.83.